The molecule has 17 heavy (non-hydrogen) atoms. The van der Waals surface area contributed by atoms with E-state index in [1.54, 1.807) is 36.7 Å². The molecule has 4 nitrogen and oxygen atoms in total. The second-order valence-corrected chi connectivity index (χ2v) is 3.49. The molecule has 0 N–H and O–H groups in total. The number of nitrogens with zero attached hydrogens (tertiary/aromatic N) is 2. The molecule has 0 unspecified atom stereocenters. The smallest absolute Gasteiger partial charge is 0.225 e. The zero-order valence-corrected chi connectivity index (χ0v) is 9.98. The summed E-state index contributed by atoms with van der Waals surface area (Å²) >= 11 is 5.17. The van der Waals surface area contributed by atoms with Crippen molar-refractivity contribution in [2.24, 2.45) is 0 Å². The maximum absolute atomic E-state index is 5.44. The van der Waals surface area contributed by atoms with Gasteiger partial charge in [0.1, 0.15) is 0 Å². The van der Waals surface area contributed by atoms with E-state index in [9.17, 15) is 0 Å². The molecule has 5 heteroatoms. The third kappa shape index (κ3) is 2.76. The molecule has 0 bridgehead atoms. The minimum absolute atomic E-state index is 0.286. The number of ether oxygens (including phenoxy) is 2. The molecule has 2 aromatic heterocycles. The van der Waals surface area contributed by atoms with Gasteiger partial charge in [0.25, 0.3) is 0 Å². The van der Waals surface area contributed by atoms with Gasteiger partial charge in [0.05, 0.1) is 12.7 Å². The summed E-state index contributed by atoms with van der Waals surface area (Å²) in [7, 11) is 1.54. The molecular formula is C12H10N2O2S. The van der Waals surface area contributed by atoms with Crippen LogP contribution in [0.4, 0.5) is 0 Å². The van der Waals surface area contributed by atoms with Crippen LogP contribution >= 0.6 is 12.2 Å². The predicted octanol–water partition coefficient (Wildman–Crippen LogP) is 2.24. The van der Waals surface area contributed by atoms with Crippen LogP contribution in [0.1, 0.15) is 5.56 Å². The molecule has 0 saturated heterocycles. The number of thiocarbonyl (C=S) groups is 1. The number of methoxy groups -OCH3 is 1. The number of hydrogen-bond acceptors (Lipinski definition) is 5. The van der Waals surface area contributed by atoms with E-state index in [0.717, 1.165) is 0 Å². The van der Waals surface area contributed by atoms with E-state index in [1.807, 2.05) is 6.07 Å². The van der Waals surface area contributed by atoms with Gasteiger partial charge in [-0.3, -0.25) is 0 Å². The summed E-state index contributed by atoms with van der Waals surface area (Å²) in [6.07, 6.45) is 3.27. The Bertz CT molecular complexity index is 517. The highest BCUT2D eigenvalue weighted by Crippen LogP contribution is 2.17. The van der Waals surface area contributed by atoms with Gasteiger partial charge in [0, 0.05) is 18.5 Å². The minimum Gasteiger partial charge on any atom is -0.480 e. The molecule has 86 valence electrons. The number of pyridine rings is 2. The van der Waals surface area contributed by atoms with Crippen molar-refractivity contribution in [3.63, 3.8) is 0 Å². The van der Waals surface area contributed by atoms with Gasteiger partial charge in [-0.2, -0.15) is 0 Å². The molecule has 0 fully saturated rings. The summed E-state index contributed by atoms with van der Waals surface area (Å²) in [4.78, 5) is 8.08. The molecule has 0 aliphatic rings. The normalized spacial score (nSPS) is 9.71. The Morgan fingerprint density at radius 1 is 1.12 bits per heavy atom. The highest BCUT2D eigenvalue weighted by Gasteiger charge is 2.11. The van der Waals surface area contributed by atoms with Gasteiger partial charge in [-0.1, -0.05) is 6.07 Å². The van der Waals surface area contributed by atoms with E-state index in [1.165, 1.54) is 7.11 Å². The molecule has 0 aliphatic heterocycles. The fraction of sp³-hybridized carbons (Fsp3) is 0.0833. The van der Waals surface area contributed by atoms with Crippen molar-refractivity contribution in [3.05, 3.63) is 48.3 Å². The first-order valence-corrected chi connectivity index (χ1v) is 5.34. The zero-order chi connectivity index (χ0) is 12.1. The zero-order valence-electron chi connectivity index (χ0n) is 9.16. The Kier molecular flexibility index (Phi) is 3.62. The molecule has 2 aromatic rings. The van der Waals surface area contributed by atoms with Gasteiger partial charge < -0.3 is 9.47 Å². The van der Waals surface area contributed by atoms with Crippen LogP contribution in [0.15, 0.2) is 42.7 Å². The summed E-state index contributed by atoms with van der Waals surface area (Å²) in [5.41, 5.74) is 0.635. The molecular weight excluding hydrogens is 236 g/mol. The Morgan fingerprint density at radius 2 is 1.94 bits per heavy atom. The monoisotopic (exact) mass is 246 g/mol. The molecule has 0 radical (unpaired) electrons. The molecule has 0 saturated carbocycles. The standard InChI is InChI=1S/C12H10N2O2S/c1-15-11-9(5-4-8-14-11)12(17)16-10-6-2-3-7-13-10/h2-8H,1H3. The molecule has 0 amide bonds. The van der Waals surface area contributed by atoms with Crippen molar-refractivity contribution in [2.75, 3.05) is 7.11 Å². The third-order valence-corrected chi connectivity index (χ3v) is 2.32. The lowest BCUT2D eigenvalue weighted by atomic mass is 10.3. The summed E-state index contributed by atoms with van der Waals surface area (Å²) in [6, 6.07) is 8.92. The van der Waals surface area contributed by atoms with E-state index in [4.69, 9.17) is 21.7 Å². The lowest BCUT2D eigenvalue weighted by Crippen LogP contribution is -2.10. The van der Waals surface area contributed by atoms with Gasteiger partial charge in [-0.25, -0.2) is 9.97 Å². The predicted molar refractivity (Wildman–Crippen MR) is 67.4 cm³/mol. The molecule has 2 heterocycles. The molecule has 0 atom stereocenters. The lowest BCUT2D eigenvalue weighted by molar-refractivity contribution is 0.395. The van der Waals surface area contributed by atoms with Gasteiger partial charge in [-0.05, 0) is 30.4 Å². The lowest BCUT2D eigenvalue weighted by Gasteiger charge is -2.08. The van der Waals surface area contributed by atoms with Crippen LogP contribution in [-0.2, 0) is 0 Å². The first-order chi connectivity index (χ1) is 8.31. The van der Waals surface area contributed by atoms with Gasteiger partial charge in [0.15, 0.2) is 0 Å². The largest absolute Gasteiger partial charge is 0.480 e. The second kappa shape index (κ2) is 5.36. The number of hydrogen-bond donors (Lipinski definition) is 0. The van der Waals surface area contributed by atoms with E-state index in [-0.39, 0.29) is 5.05 Å². The van der Waals surface area contributed by atoms with Gasteiger partial charge in [0.2, 0.25) is 16.8 Å². The van der Waals surface area contributed by atoms with Crippen molar-refractivity contribution >= 4 is 17.3 Å². The van der Waals surface area contributed by atoms with Crippen molar-refractivity contribution in [3.8, 4) is 11.8 Å². The molecule has 0 aromatic carbocycles. The van der Waals surface area contributed by atoms with Crippen LogP contribution in [0.5, 0.6) is 11.8 Å². The number of aromatic nitrogens is 2. The summed E-state index contributed by atoms with van der Waals surface area (Å²) < 4.78 is 10.5. The topological polar surface area (TPSA) is 44.2 Å². The fourth-order valence-corrected chi connectivity index (χ4v) is 1.51. The first kappa shape index (κ1) is 11.5. The molecule has 0 aliphatic carbocycles. The van der Waals surface area contributed by atoms with Gasteiger partial charge in [-0.15, -0.1) is 0 Å². The van der Waals surface area contributed by atoms with Crippen LogP contribution in [0.2, 0.25) is 0 Å². The Balaban J connectivity index is 2.20. The summed E-state index contributed by atoms with van der Waals surface area (Å²) in [5, 5.41) is 0.286. The van der Waals surface area contributed by atoms with Gasteiger partial charge >= 0.3 is 0 Å². The van der Waals surface area contributed by atoms with Crippen LogP contribution < -0.4 is 9.47 Å². The van der Waals surface area contributed by atoms with Crippen molar-refractivity contribution in [2.45, 2.75) is 0 Å². The SMILES string of the molecule is COc1ncccc1C(=S)Oc1ccccn1. The minimum atomic E-state index is 0.286. The maximum Gasteiger partial charge on any atom is 0.225 e. The number of rotatable bonds is 3. The summed E-state index contributed by atoms with van der Waals surface area (Å²) in [6.45, 7) is 0. The molecule has 2 rings (SSSR count). The van der Waals surface area contributed by atoms with Crippen molar-refractivity contribution in [1.82, 2.24) is 9.97 Å². The Morgan fingerprint density at radius 3 is 2.65 bits per heavy atom. The van der Waals surface area contributed by atoms with Crippen LogP contribution in [0.3, 0.4) is 0 Å². The molecule has 0 spiro atoms. The van der Waals surface area contributed by atoms with E-state index < -0.39 is 0 Å². The van der Waals surface area contributed by atoms with Crippen LogP contribution in [0, 0.1) is 0 Å². The van der Waals surface area contributed by atoms with Crippen molar-refractivity contribution < 1.29 is 9.47 Å². The highest BCUT2D eigenvalue weighted by atomic mass is 32.1. The van der Waals surface area contributed by atoms with Crippen LogP contribution in [-0.4, -0.2) is 22.1 Å². The fourth-order valence-electron chi connectivity index (χ4n) is 1.27. The van der Waals surface area contributed by atoms with E-state index in [2.05, 4.69) is 9.97 Å². The van der Waals surface area contributed by atoms with Crippen molar-refractivity contribution in [1.29, 1.82) is 0 Å². The third-order valence-electron chi connectivity index (χ3n) is 2.02. The quantitative estimate of drug-likeness (QED) is 0.777. The first-order valence-electron chi connectivity index (χ1n) is 4.93. The average Bonchev–Trinajstić information content (AvgIpc) is 2.40. The maximum atomic E-state index is 5.44. The van der Waals surface area contributed by atoms with E-state index >= 15 is 0 Å². The highest BCUT2D eigenvalue weighted by molar-refractivity contribution is 7.80. The average molecular weight is 246 g/mol. The van der Waals surface area contributed by atoms with E-state index in [0.29, 0.717) is 17.3 Å². The summed E-state index contributed by atoms with van der Waals surface area (Å²) in [5.74, 6) is 0.886. The second-order valence-electron chi connectivity index (χ2n) is 3.12. The van der Waals surface area contributed by atoms with Crippen LogP contribution in [0.25, 0.3) is 0 Å². The Hall–Kier alpha value is -2.01. The Labute approximate surface area is 104 Å².